The van der Waals surface area contributed by atoms with Gasteiger partial charge in [0.2, 0.25) is 0 Å². The van der Waals surface area contributed by atoms with Gasteiger partial charge in [0.05, 0.1) is 12.7 Å². The van der Waals surface area contributed by atoms with Gasteiger partial charge in [0.15, 0.2) is 10.9 Å². The normalized spacial score (nSPS) is 18.4. The standard InChI is InChI=1S/C21H23N3O3S/c1-3-11-28-21-23-19-18(20(26)24-21)16(12-7-9-13(27-2)10-8-12)17-14(22-19)5-4-6-15(17)25/h7-10,16H,3-6,11H2,1-2H3,(H2,22,23,24,26)/t16-/m1/s1. The summed E-state index contributed by atoms with van der Waals surface area (Å²) in [5.41, 5.74) is 2.81. The van der Waals surface area contributed by atoms with Gasteiger partial charge in [-0.05, 0) is 37.0 Å². The van der Waals surface area contributed by atoms with Gasteiger partial charge >= 0.3 is 0 Å². The van der Waals surface area contributed by atoms with Gasteiger partial charge in [0.1, 0.15) is 11.6 Å². The Labute approximate surface area is 167 Å². The molecule has 0 unspecified atom stereocenters. The molecule has 0 amide bonds. The van der Waals surface area contributed by atoms with Crippen LogP contribution in [-0.4, -0.2) is 28.6 Å². The zero-order valence-electron chi connectivity index (χ0n) is 16.0. The van der Waals surface area contributed by atoms with E-state index < -0.39 is 5.92 Å². The number of fused-ring (bicyclic) bond motifs is 1. The average molecular weight is 398 g/mol. The van der Waals surface area contributed by atoms with Crippen molar-refractivity contribution in [2.24, 2.45) is 0 Å². The number of carbonyl (C=O) groups excluding carboxylic acids is 1. The van der Waals surface area contributed by atoms with Gasteiger partial charge in [-0.15, -0.1) is 0 Å². The zero-order chi connectivity index (χ0) is 19.7. The molecule has 2 heterocycles. The Kier molecular flexibility index (Phi) is 5.26. The minimum atomic E-state index is -0.411. The molecular formula is C21H23N3O3S. The van der Waals surface area contributed by atoms with Crippen molar-refractivity contribution >= 4 is 23.4 Å². The molecule has 146 valence electrons. The number of allylic oxidation sites excluding steroid dienone is 2. The number of thioether (sulfide) groups is 1. The van der Waals surface area contributed by atoms with Crippen LogP contribution in [0.25, 0.3) is 0 Å². The average Bonchev–Trinajstić information content (AvgIpc) is 2.71. The molecule has 7 heteroatoms. The molecule has 0 radical (unpaired) electrons. The Balaban J connectivity index is 1.87. The summed E-state index contributed by atoms with van der Waals surface area (Å²) in [5.74, 6) is 1.88. The molecule has 1 aromatic carbocycles. The van der Waals surface area contributed by atoms with E-state index >= 15 is 0 Å². The number of nitrogens with zero attached hydrogens (tertiary/aromatic N) is 1. The first-order valence-electron chi connectivity index (χ1n) is 9.56. The molecule has 2 aromatic rings. The maximum absolute atomic E-state index is 13.0. The lowest BCUT2D eigenvalue weighted by atomic mass is 9.76. The first-order chi connectivity index (χ1) is 13.6. The summed E-state index contributed by atoms with van der Waals surface area (Å²) in [7, 11) is 1.62. The molecule has 1 aliphatic carbocycles. The van der Waals surface area contributed by atoms with Crippen molar-refractivity contribution in [3.63, 3.8) is 0 Å². The largest absolute Gasteiger partial charge is 0.497 e. The summed E-state index contributed by atoms with van der Waals surface area (Å²) in [6, 6.07) is 7.56. The summed E-state index contributed by atoms with van der Waals surface area (Å²) < 4.78 is 5.26. The minimum Gasteiger partial charge on any atom is -0.497 e. The molecular weight excluding hydrogens is 374 g/mol. The molecule has 28 heavy (non-hydrogen) atoms. The fourth-order valence-corrected chi connectivity index (χ4v) is 4.56. The van der Waals surface area contributed by atoms with Crippen LogP contribution in [0.1, 0.15) is 49.7 Å². The molecule has 0 spiro atoms. The molecule has 0 bridgehead atoms. The lowest BCUT2D eigenvalue weighted by Gasteiger charge is -2.32. The number of aromatic amines is 1. The van der Waals surface area contributed by atoms with E-state index in [4.69, 9.17) is 4.74 Å². The number of hydrogen-bond acceptors (Lipinski definition) is 6. The number of H-pyrrole nitrogens is 1. The lowest BCUT2D eigenvalue weighted by Crippen LogP contribution is -2.32. The van der Waals surface area contributed by atoms with Crippen LogP contribution in [0.3, 0.4) is 0 Å². The molecule has 0 saturated heterocycles. The number of ketones is 1. The molecule has 4 rings (SSSR count). The van der Waals surface area contributed by atoms with Gasteiger partial charge in [-0.3, -0.25) is 9.59 Å². The van der Waals surface area contributed by atoms with Crippen LogP contribution in [0.15, 0.2) is 45.5 Å². The summed E-state index contributed by atoms with van der Waals surface area (Å²) in [5, 5.41) is 3.91. The lowest BCUT2D eigenvalue weighted by molar-refractivity contribution is -0.116. The highest BCUT2D eigenvalue weighted by Crippen LogP contribution is 2.43. The Morgan fingerprint density at radius 1 is 1.21 bits per heavy atom. The van der Waals surface area contributed by atoms with Gasteiger partial charge in [-0.25, -0.2) is 4.98 Å². The van der Waals surface area contributed by atoms with Gasteiger partial charge < -0.3 is 15.0 Å². The van der Waals surface area contributed by atoms with E-state index in [-0.39, 0.29) is 11.3 Å². The highest BCUT2D eigenvalue weighted by atomic mass is 32.2. The zero-order valence-corrected chi connectivity index (χ0v) is 16.8. The molecule has 2 aliphatic rings. The Bertz CT molecular complexity index is 995. The fourth-order valence-electron chi connectivity index (χ4n) is 3.84. The predicted molar refractivity (Wildman–Crippen MR) is 110 cm³/mol. The molecule has 1 atom stereocenters. The summed E-state index contributed by atoms with van der Waals surface area (Å²) in [6.07, 6.45) is 3.12. The number of rotatable bonds is 5. The first kappa shape index (κ1) is 18.8. The molecule has 2 N–H and O–H groups in total. The van der Waals surface area contributed by atoms with Crippen molar-refractivity contribution < 1.29 is 9.53 Å². The number of methoxy groups -OCH3 is 1. The maximum atomic E-state index is 13.0. The quantitative estimate of drug-likeness (QED) is 0.589. The number of Topliss-reactive ketones (excluding diaryl/α,β-unsaturated/α-hetero) is 1. The Morgan fingerprint density at radius 2 is 2.00 bits per heavy atom. The number of aromatic nitrogens is 2. The smallest absolute Gasteiger partial charge is 0.257 e. The van der Waals surface area contributed by atoms with E-state index in [1.54, 1.807) is 7.11 Å². The summed E-state index contributed by atoms with van der Waals surface area (Å²) >= 11 is 1.53. The summed E-state index contributed by atoms with van der Waals surface area (Å²) in [4.78, 5) is 33.4. The highest BCUT2D eigenvalue weighted by Gasteiger charge is 2.37. The number of nitrogens with one attached hydrogen (secondary N) is 2. The number of anilines is 1. The molecule has 1 aliphatic heterocycles. The van der Waals surface area contributed by atoms with E-state index in [1.165, 1.54) is 11.8 Å². The van der Waals surface area contributed by atoms with E-state index in [9.17, 15) is 9.59 Å². The number of ether oxygens (including phenoxy) is 1. The van der Waals surface area contributed by atoms with Gasteiger partial charge in [0, 0.05) is 29.4 Å². The van der Waals surface area contributed by atoms with Crippen molar-refractivity contribution in [1.29, 1.82) is 0 Å². The third kappa shape index (κ3) is 3.35. The number of benzene rings is 1. The van der Waals surface area contributed by atoms with Crippen LogP contribution >= 0.6 is 11.8 Å². The van der Waals surface area contributed by atoms with E-state index in [0.717, 1.165) is 42.0 Å². The third-order valence-electron chi connectivity index (χ3n) is 5.13. The van der Waals surface area contributed by atoms with Crippen LogP contribution in [0, 0.1) is 0 Å². The molecule has 1 aromatic heterocycles. The highest BCUT2D eigenvalue weighted by molar-refractivity contribution is 7.99. The van der Waals surface area contributed by atoms with Crippen molar-refractivity contribution in [3.8, 4) is 5.75 Å². The van der Waals surface area contributed by atoms with Crippen LogP contribution in [0.2, 0.25) is 0 Å². The van der Waals surface area contributed by atoms with E-state index in [1.807, 2.05) is 24.3 Å². The third-order valence-corrected chi connectivity index (χ3v) is 6.21. The maximum Gasteiger partial charge on any atom is 0.257 e. The van der Waals surface area contributed by atoms with Crippen LogP contribution in [0.4, 0.5) is 5.82 Å². The van der Waals surface area contributed by atoms with Gasteiger partial charge in [-0.2, -0.15) is 0 Å². The van der Waals surface area contributed by atoms with Crippen molar-refractivity contribution in [2.75, 3.05) is 18.2 Å². The Morgan fingerprint density at radius 3 is 2.71 bits per heavy atom. The van der Waals surface area contributed by atoms with Gasteiger partial charge in [0.25, 0.3) is 5.56 Å². The second kappa shape index (κ2) is 7.83. The fraction of sp³-hybridized carbons (Fsp3) is 0.381. The monoisotopic (exact) mass is 397 g/mol. The molecule has 0 fully saturated rings. The SMILES string of the molecule is CCCSc1nc2c(c(=O)[nH]1)[C@H](c1ccc(OC)cc1)C1=C(CCCC1=O)N2. The number of hydrogen-bond donors (Lipinski definition) is 2. The topological polar surface area (TPSA) is 84.1 Å². The number of carbonyl (C=O) groups is 1. The van der Waals surface area contributed by atoms with Crippen LogP contribution in [0.5, 0.6) is 5.75 Å². The molecule has 0 saturated carbocycles. The second-order valence-electron chi connectivity index (χ2n) is 6.98. The van der Waals surface area contributed by atoms with Crippen molar-refractivity contribution in [2.45, 2.75) is 43.7 Å². The second-order valence-corrected chi connectivity index (χ2v) is 8.07. The van der Waals surface area contributed by atoms with Crippen LogP contribution in [-0.2, 0) is 4.79 Å². The van der Waals surface area contributed by atoms with Crippen molar-refractivity contribution in [1.82, 2.24) is 9.97 Å². The van der Waals surface area contributed by atoms with Gasteiger partial charge in [-0.1, -0.05) is 30.8 Å². The first-order valence-corrected chi connectivity index (χ1v) is 10.5. The summed E-state index contributed by atoms with van der Waals surface area (Å²) in [6.45, 7) is 2.09. The van der Waals surface area contributed by atoms with E-state index in [2.05, 4.69) is 22.2 Å². The van der Waals surface area contributed by atoms with E-state index in [0.29, 0.717) is 28.5 Å². The molecule has 6 nitrogen and oxygen atoms in total. The predicted octanol–water partition coefficient (Wildman–Crippen LogP) is 3.85. The minimum absolute atomic E-state index is 0.101. The van der Waals surface area contributed by atoms with Crippen LogP contribution < -0.4 is 15.6 Å². The Hall–Kier alpha value is -2.54. The van der Waals surface area contributed by atoms with Crippen molar-refractivity contribution in [3.05, 3.63) is 57.0 Å².